The third-order valence-corrected chi connectivity index (χ3v) is 14.3. The lowest BCUT2D eigenvalue weighted by molar-refractivity contribution is 0.0341. The summed E-state index contributed by atoms with van der Waals surface area (Å²) in [6.45, 7) is 15.5. The summed E-state index contributed by atoms with van der Waals surface area (Å²) in [6.07, 6.45) is 1.36. The van der Waals surface area contributed by atoms with Crippen molar-refractivity contribution in [1.29, 1.82) is 0 Å². The summed E-state index contributed by atoms with van der Waals surface area (Å²) in [5.41, 5.74) is 1.50. The number of hydrogen-bond acceptors (Lipinski definition) is 10. The molecule has 0 spiro atoms. The Labute approximate surface area is 268 Å². The fourth-order valence-corrected chi connectivity index (χ4v) is 7.64. The average Bonchev–Trinajstić information content (AvgIpc) is 3.44. The van der Waals surface area contributed by atoms with Crippen molar-refractivity contribution in [1.82, 2.24) is 14.3 Å². The van der Waals surface area contributed by atoms with Crippen LogP contribution in [0.5, 0.6) is 5.88 Å². The van der Waals surface area contributed by atoms with Crippen LogP contribution in [0.15, 0.2) is 36.7 Å². The zero-order valence-electron chi connectivity index (χ0n) is 27.9. The van der Waals surface area contributed by atoms with E-state index in [2.05, 4.69) is 61.3 Å². The molecule has 4 rings (SSSR count). The molecule has 1 heterocycles. The number of nitrogens with two attached hydrogens (primary N) is 1. The minimum Gasteiger partial charge on any atom is -0.474 e. The number of hydrogen-bond donors (Lipinski definition) is 2. The molecule has 1 aromatic heterocycles. The van der Waals surface area contributed by atoms with Crippen LogP contribution in [0.4, 0.5) is 10.6 Å². The Morgan fingerprint density at radius 3 is 2.40 bits per heavy atom. The summed E-state index contributed by atoms with van der Waals surface area (Å²) >= 11 is 0. The van der Waals surface area contributed by atoms with Crippen molar-refractivity contribution >= 4 is 30.4 Å². The molecule has 12 nitrogen and oxygen atoms in total. The molecular formula is C31H49N5O7SSi. The van der Waals surface area contributed by atoms with E-state index in [4.69, 9.17) is 23.8 Å². The van der Waals surface area contributed by atoms with E-state index in [1.54, 1.807) is 33.9 Å². The fourth-order valence-electron chi connectivity index (χ4n) is 5.59. The largest absolute Gasteiger partial charge is 0.474 e. The van der Waals surface area contributed by atoms with Crippen molar-refractivity contribution in [2.45, 2.75) is 109 Å². The van der Waals surface area contributed by atoms with E-state index in [1.807, 2.05) is 12.1 Å². The second kappa shape index (κ2) is 13.1. The van der Waals surface area contributed by atoms with E-state index in [0.717, 1.165) is 6.42 Å². The van der Waals surface area contributed by atoms with Crippen LogP contribution in [0.25, 0.3) is 0 Å². The van der Waals surface area contributed by atoms with Gasteiger partial charge in [0.25, 0.3) is 0 Å². The molecule has 2 aliphatic rings. The third-order valence-electron chi connectivity index (χ3n) is 8.86. The van der Waals surface area contributed by atoms with Crippen LogP contribution in [-0.4, -0.2) is 74.7 Å². The Kier molecular flexibility index (Phi) is 10.2. The summed E-state index contributed by atoms with van der Waals surface area (Å²) in [6, 6.07) is 9.91. The van der Waals surface area contributed by atoms with Crippen LogP contribution >= 0.6 is 0 Å². The number of nitrogens with zero attached hydrogens (tertiary/aromatic N) is 3. The van der Waals surface area contributed by atoms with Crippen molar-refractivity contribution < 1.29 is 31.8 Å². The van der Waals surface area contributed by atoms with Crippen molar-refractivity contribution in [2.75, 3.05) is 19.0 Å². The van der Waals surface area contributed by atoms with Crippen LogP contribution < -0.4 is 15.2 Å². The molecule has 250 valence electrons. The first kappa shape index (κ1) is 35.1. The molecule has 2 aromatic rings. The van der Waals surface area contributed by atoms with E-state index in [0.29, 0.717) is 28.8 Å². The van der Waals surface area contributed by atoms with E-state index in [-0.39, 0.29) is 41.9 Å². The second-order valence-electron chi connectivity index (χ2n) is 14.5. The number of carbonyl (C=O) groups excluding carboxylic acids is 1. The maximum absolute atomic E-state index is 13.0. The first-order valence-electron chi connectivity index (χ1n) is 15.3. The highest BCUT2D eigenvalue weighted by Gasteiger charge is 2.46. The smallest absolute Gasteiger partial charge is 0.425 e. The fraction of sp³-hybridized carbons (Fsp3) is 0.645. The molecule has 0 bridgehead atoms. The molecular weight excluding hydrogens is 615 g/mol. The van der Waals surface area contributed by atoms with Gasteiger partial charge in [-0.05, 0) is 56.5 Å². The van der Waals surface area contributed by atoms with Crippen LogP contribution in [0.3, 0.4) is 0 Å². The van der Waals surface area contributed by atoms with E-state index in [1.165, 1.54) is 17.5 Å². The van der Waals surface area contributed by atoms with Gasteiger partial charge >= 0.3 is 16.3 Å². The molecule has 1 amide bonds. The first-order chi connectivity index (χ1) is 20.8. The molecule has 2 aliphatic carbocycles. The number of methoxy groups -OCH3 is 1. The van der Waals surface area contributed by atoms with Gasteiger partial charge in [0, 0.05) is 38.5 Å². The summed E-state index contributed by atoms with van der Waals surface area (Å²) in [5.74, 6) is 0.587. The lowest BCUT2D eigenvalue weighted by Gasteiger charge is -2.40. The monoisotopic (exact) mass is 663 g/mol. The maximum atomic E-state index is 13.0. The van der Waals surface area contributed by atoms with E-state index < -0.39 is 30.2 Å². The highest BCUT2D eigenvalue weighted by atomic mass is 32.2. The lowest BCUT2D eigenvalue weighted by Crippen LogP contribution is -2.49. The van der Waals surface area contributed by atoms with Crippen LogP contribution in [-0.2, 0) is 30.5 Å². The summed E-state index contributed by atoms with van der Waals surface area (Å²) in [7, 11) is -4.98. The Balaban J connectivity index is 1.54. The summed E-state index contributed by atoms with van der Waals surface area (Å²) < 4.78 is 50.1. The number of fused-ring (bicyclic) bond motifs is 1. The van der Waals surface area contributed by atoms with Gasteiger partial charge in [0.1, 0.15) is 23.9 Å². The quantitative estimate of drug-likeness (QED) is 0.325. The molecule has 0 unspecified atom stereocenters. The number of anilines is 1. The summed E-state index contributed by atoms with van der Waals surface area (Å²) in [4.78, 5) is 21.7. The molecule has 0 saturated heterocycles. The third kappa shape index (κ3) is 8.73. The second-order valence-corrected chi connectivity index (χ2v) is 20.7. The molecule has 1 saturated carbocycles. The minimum atomic E-state index is -4.41. The normalized spacial score (nSPS) is 23.8. The van der Waals surface area contributed by atoms with Gasteiger partial charge in [-0.3, -0.25) is 0 Å². The molecule has 0 radical (unpaired) electrons. The van der Waals surface area contributed by atoms with Gasteiger partial charge in [0.2, 0.25) is 5.88 Å². The molecule has 3 N–H and O–H groups in total. The topological polar surface area (TPSA) is 155 Å². The standard InChI is InChI=1S/C31H49N5O7SSi/c1-30(2,3)42-29(37)36(44(32,38)39)18-21-14-22(16-24(21)43-45(8,9)31(4,5)6)41-27-17-26(33-19-34-27)35-28-23-13-11-10-12-20(23)15-25(28)40-7/h10-13,17,19,21-22,24-25,28H,14-16,18H2,1-9H3,(H2,32,38,39)(H,33,34,35)/t21-,22+,24-,25-,28+/m0/s1. The summed E-state index contributed by atoms with van der Waals surface area (Å²) in [5, 5.41) is 8.91. The zero-order valence-corrected chi connectivity index (χ0v) is 29.7. The van der Waals surface area contributed by atoms with Gasteiger partial charge in [-0.25, -0.2) is 19.9 Å². The Morgan fingerprint density at radius 1 is 1.09 bits per heavy atom. The van der Waals surface area contributed by atoms with Crippen molar-refractivity contribution in [3.8, 4) is 5.88 Å². The van der Waals surface area contributed by atoms with Crippen LogP contribution in [0, 0.1) is 5.92 Å². The lowest BCUT2D eigenvalue weighted by atomic mass is 10.1. The minimum absolute atomic E-state index is 0.0442. The van der Waals surface area contributed by atoms with Gasteiger partial charge < -0.3 is 24.0 Å². The molecule has 45 heavy (non-hydrogen) atoms. The highest BCUT2D eigenvalue weighted by molar-refractivity contribution is 7.87. The van der Waals surface area contributed by atoms with Crippen molar-refractivity contribution in [3.05, 3.63) is 47.8 Å². The Bertz CT molecular complexity index is 1460. The Hall–Kier alpha value is -2.78. The van der Waals surface area contributed by atoms with Gasteiger partial charge in [-0.15, -0.1) is 0 Å². The number of ether oxygens (including phenoxy) is 3. The number of benzene rings is 1. The Morgan fingerprint density at radius 2 is 1.78 bits per heavy atom. The number of amides is 1. The maximum Gasteiger partial charge on any atom is 0.425 e. The van der Waals surface area contributed by atoms with E-state index >= 15 is 0 Å². The predicted octanol–water partition coefficient (Wildman–Crippen LogP) is 5.19. The molecule has 0 aliphatic heterocycles. The zero-order chi connectivity index (χ0) is 33.4. The average molecular weight is 664 g/mol. The molecule has 1 fully saturated rings. The van der Waals surface area contributed by atoms with Gasteiger partial charge in [0.05, 0.1) is 18.2 Å². The van der Waals surface area contributed by atoms with Crippen LogP contribution in [0.2, 0.25) is 18.1 Å². The van der Waals surface area contributed by atoms with Gasteiger partial charge in [0.15, 0.2) is 8.32 Å². The SMILES string of the molecule is CO[C@H]1Cc2ccccc2[C@H]1Nc1cc(O[C@@H]2C[C@@H](CN(C(=O)OC(C)(C)C)S(N)(=O)=O)[C@@H](O[Si](C)(C)C(C)(C)C)C2)ncn1. The highest BCUT2D eigenvalue weighted by Crippen LogP contribution is 2.42. The first-order valence-corrected chi connectivity index (χ1v) is 19.8. The van der Waals surface area contributed by atoms with E-state index in [9.17, 15) is 13.2 Å². The number of rotatable bonds is 10. The van der Waals surface area contributed by atoms with Crippen LogP contribution in [0.1, 0.15) is 71.6 Å². The number of nitrogens with one attached hydrogen (secondary N) is 1. The van der Waals surface area contributed by atoms with Gasteiger partial charge in [-0.2, -0.15) is 12.7 Å². The van der Waals surface area contributed by atoms with Crippen molar-refractivity contribution in [2.24, 2.45) is 11.1 Å². The number of carbonyl (C=O) groups is 1. The number of aromatic nitrogens is 2. The molecule has 14 heteroatoms. The molecule has 1 aromatic carbocycles. The predicted molar refractivity (Wildman–Crippen MR) is 175 cm³/mol. The van der Waals surface area contributed by atoms with Crippen molar-refractivity contribution in [3.63, 3.8) is 0 Å². The molecule has 5 atom stereocenters. The van der Waals surface area contributed by atoms with Gasteiger partial charge in [-0.1, -0.05) is 45.0 Å².